The molecule has 0 aromatic rings. The van der Waals surface area contributed by atoms with E-state index in [1.807, 2.05) is 0 Å². The van der Waals surface area contributed by atoms with Crippen LogP contribution in [-0.2, 0) is 4.74 Å². The first kappa shape index (κ1) is 17.2. The Kier molecular flexibility index (Phi) is 10.5. The fourth-order valence-electron chi connectivity index (χ4n) is 1.42. The Balaban J connectivity index is 0. The number of aliphatic hydroxyl groups is 3. The van der Waals surface area contributed by atoms with Gasteiger partial charge in [0.2, 0.25) is 0 Å². The van der Waals surface area contributed by atoms with Gasteiger partial charge in [-0.1, -0.05) is 20.8 Å². The zero-order valence-corrected chi connectivity index (χ0v) is 10.5. The van der Waals surface area contributed by atoms with E-state index >= 15 is 0 Å². The second-order valence-corrected chi connectivity index (χ2v) is 4.42. The molecule has 3 N–H and O–H groups in total. The topological polar surface area (TPSA) is 69.9 Å². The van der Waals surface area contributed by atoms with Gasteiger partial charge in [0.1, 0.15) is 0 Å². The highest BCUT2D eigenvalue weighted by Crippen LogP contribution is 2.29. The summed E-state index contributed by atoms with van der Waals surface area (Å²) in [6, 6.07) is 0. The van der Waals surface area contributed by atoms with Crippen LogP contribution in [-0.4, -0.2) is 48.4 Å². The first-order valence-corrected chi connectivity index (χ1v) is 5.19. The van der Waals surface area contributed by atoms with Crippen LogP contribution in [0.15, 0.2) is 0 Å². The lowest BCUT2D eigenvalue weighted by Crippen LogP contribution is -2.37. The normalized spacial score (nSPS) is 25.6. The fraction of sp³-hybridized carbons (Fsp3) is 1.00. The van der Waals surface area contributed by atoms with Crippen LogP contribution in [0.3, 0.4) is 0 Å². The Morgan fingerprint density at radius 3 is 1.73 bits per heavy atom. The molecule has 4 heteroatoms. The van der Waals surface area contributed by atoms with Crippen LogP contribution in [0.5, 0.6) is 0 Å². The van der Waals surface area contributed by atoms with Gasteiger partial charge >= 0.3 is 0 Å². The molecule has 0 bridgehead atoms. The van der Waals surface area contributed by atoms with Gasteiger partial charge in [-0.05, 0) is 18.3 Å². The van der Waals surface area contributed by atoms with Crippen molar-refractivity contribution in [2.75, 3.05) is 20.8 Å². The predicted molar refractivity (Wildman–Crippen MR) is 60.7 cm³/mol. The molecule has 1 aliphatic rings. The third-order valence-electron chi connectivity index (χ3n) is 2.22. The van der Waals surface area contributed by atoms with Crippen molar-refractivity contribution in [3.8, 4) is 0 Å². The van der Waals surface area contributed by atoms with Gasteiger partial charge in [0.15, 0.2) is 0 Å². The largest absolute Gasteiger partial charge is 0.400 e. The maximum Gasteiger partial charge on any atom is 0.0774 e. The van der Waals surface area contributed by atoms with Crippen molar-refractivity contribution in [2.45, 2.75) is 45.8 Å². The first-order valence-electron chi connectivity index (χ1n) is 5.19. The molecule has 1 heterocycles. The second-order valence-electron chi connectivity index (χ2n) is 4.42. The summed E-state index contributed by atoms with van der Waals surface area (Å²) in [6.07, 6.45) is 1.98. The third kappa shape index (κ3) is 7.73. The number of aliphatic hydroxyl groups excluding tert-OH is 3. The van der Waals surface area contributed by atoms with Crippen molar-refractivity contribution in [2.24, 2.45) is 5.41 Å². The van der Waals surface area contributed by atoms with Gasteiger partial charge in [0.05, 0.1) is 18.8 Å². The molecule has 94 valence electrons. The van der Waals surface area contributed by atoms with E-state index in [4.69, 9.17) is 20.1 Å². The zero-order chi connectivity index (χ0) is 12.5. The summed E-state index contributed by atoms with van der Waals surface area (Å²) in [5.74, 6) is 0. The first-order chi connectivity index (χ1) is 7.00. The molecule has 4 nitrogen and oxygen atoms in total. The van der Waals surface area contributed by atoms with Gasteiger partial charge < -0.3 is 20.1 Å². The van der Waals surface area contributed by atoms with Crippen molar-refractivity contribution in [3.05, 3.63) is 0 Å². The number of hydrogen-bond donors (Lipinski definition) is 3. The van der Waals surface area contributed by atoms with Crippen LogP contribution < -0.4 is 0 Å². The number of rotatable bonds is 0. The number of ether oxygens (including phenoxy) is 1. The van der Waals surface area contributed by atoms with E-state index < -0.39 is 0 Å². The molecule has 0 aromatic heterocycles. The standard InChI is InChI=1S/C9H18O2.2CH4O/c1-9(2,3)8-5-4-7(10)6-11-8;2*1-2/h7-8,10H,4-6H2,1-3H3;2*2H,1H3/t7-,8?;;/m0../s1. The Morgan fingerprint density at radius 1 is 1.00 bits per heavy atom. The predicted octanol–water partition coefficient (Wildman–Crippen LogP) is 0.789. The van der Waals surface area contributed by atoms with Crippen LogP contribution >= 0.6 is 0 Å². The smallest absolute Gasteiger partial charge is 0.0774 e. The molecule has 0 amide bonds. The van der Waals surface area contributed by atoms with E-state index in [-0.39, 0.29) is 11.5 Å². The minimum Gasteiger partial charge on any atom is -0.400 e. The Morgan fingerprint density at radius 2 is 1.47 bits per heavy atom. The summed E-state index contributed by atoms with van der Waals surface area (Å²) in [7, 11) is 2.00. The molecule has 2 atom stereocenters. The van der Waals surface area contributed by atoms with E-state index in [1.165, 1.54) is 0 Å². The monoisotopic (exact) mass is 222 g/mol. The molecule has 1 aliphatic heterocycles. The SMILES string of the molecule is CC(C)(C)C1CC[C@H](O)CO1.CO.CO. The van der Waals surface area contributed by atoms with Crippen molar-refractivity contribution < 1.29 is 20.1 Å². The highest BCUT2D eigenvalue weighted by Gasteiger charge is 2.29. The lowest BCUT2D eigenvalue weighted by atomic mass is 9.84. The summed E-state index contributed by atoms with van der Waals surface area (Å²) >= 11 is 0. The summed E-state index contributed by atoms with van der Waals surface area (Å²) in [4.78, 5) is 0. The fourth-order valence-corrected chi connectivity index (χ4v) is 1.42. The molecule has 0 aromatic carbocycles. The lowest BCUT2D eigenvalue weighted by molar-refractivity contribution is -0.0962. The van der Waals surface area contributed by atoms with Gasteiger partial charge in [-0.2, -0.15) is 0 Å². The molecule has 1 saturated heterocycles. The third-order valence-corrected chi connectivity index (χ3v) is 2.22. The quantitative estimate of drug-likeness (QED) is 0.567. The van der Waals surface area contributed by atoms with Crippen molar-refractivity contribution in [1.29, 1.82) is 0 Å². The Bertz CT molecular complexity index is 123. The van der Waals surface area contributed by atoms with Crippen LogP contribution in [0, 0.1) is 5.41 Å². The minimum absolute atomic E-state index is 0.222. The molecule has 0 aliphatic carbocycles. The van der Waals surface area contributed by atoms with Crippen LogP contribution in [0.25, 0.3) is 0 Å². The summed E-state index contributed by atoms with van der Waals surface area (Å²) in [5.41, 5.74) is 0.222. The maximum atomic E-state index is 9.17. The van der Waals surface area contributed by atoms with E-state index in [9.17, 15) is 0 Å². The van der Waals surface area contributed by atoms with E-state index in [0.717, 1.165) is 27.1 Å². The van der Waals surface area contributed by atoms with Crippen LogP contribution in [0.1, 0.15) is 33.6 Å². The molecule has 1 fully saturated rings. The second kappa shape index (κ2) is 9.09. The molecule has 1 unspecified atom stereocenters. The van der Waals surface area contributed by atoms with Gasteiger partial charge in [0.25, 0.3) is 0 Å². The van der Waals surface area contributed by atoms with Gasteiger partial charge in [0, 0.05) is 14.2 Å². The highest BCUT2D eigenvalue weighted by molar-refractivity contribution is 4.79. The Labute approximate surface area is 92.9 Å². The molecule has 15 heavy (non-hydrogen) atoms. The summed E-state index contributed by atoms with van der Waals surface area (Å²) < 4.78 is 5.50. The molecular weight excluding hydrogens is 196 g/mol. The van der Waals surface area contributed by atoms with Crippen molar-refractivity contribution in [3.63, 3.8) is 0 Å². The lowest BCUT2D eigenvalue weighted by Gasteiger charge is -2.35. The van der Waals surface area contributed by atoms with Gasteiger partial charge in [-0.3, -0.25) is 0 Å². The summed E-state index contributed by atoms with van der Waals surface area (Å²) in [5, 5.41) is 23.2. The van der Waals surface area contributed by atoms with Gasteiger partial charge in [-0.25, -0.2) is 0 Å². The van der Waals surface area contributed by atoms with E-state index in [0.29, 0.717) is 12.7 Å². The summed E-state index contributed by atoms with van der Waals surface area (Å²) in [6.45, 7) is 7.04. The van der Waals surface area contributed by atoms with Gasteiger partial charge in [-0.15, -0.1) is 0 Å². The van der Waals surface area contributed by atoms with E-state index in [2.05, 4.69) is 20.8 Å². The number of hydrogen-bond acceptors (Lipinski definition) is 4. The molecule has 1 rings (SSSR count). The minimum atomic E-state index is -0.228. The maximum absolute atomic E-state index is 9.17. The average Bonchev–Trinajstić information content (AvgIpc) is 2.23. The Hall–Kier alpha value is -0.160. The molecule has 0 saturated carbocycles. The van der Waals surface area contributed by atoms with Crippen molar-refractivity contribution >= 4 is 0 Å². The van der Waals surface area contributed by atoms with Crippen LogP contribution in [0.2, 0.25) is 0 Å². The molecule has 0 radical (unpaired) electrons. The molecule has 0 spiro atoms. The highest BCUT2D eigenvalue weighted by atomic mass is 16.5. The zero-order valence-electron chi connectivity index (χ0n) is 10.5. The average molecular weight is 222 g/mol. The van der Waals surface area contributed by atoms with E-state index in [1.54, 1.807) is 0 Å². The van der Waals surface area contributed by atoms with Crippen LogP contribution in [0.4, 0.5) is 0 Å². The molecular formula is C11H26O4. The van der Waals surface area contributed by atoms with Crippen molar-refractivity contribution in [1.82, 2.24) is 0 Å².